The highest BCUT2D eigenvalue weighted by Crippen LogP contribution is 2.44. The monoisotopic (exact) mass is 185 g/mol. The van der Waals surface area contributed by atoms with Crippen LogP contribution in [0.1, 0.15) is 25.7 Å². The summed E-state index contributed by atoms with van der Waals surface area (Å²) < 4.78 is 0. The van der Waals surface area contributed by atoms with Gasteiger partial charge >= 0.3 is 0 Å². The van der Waals surface area contributed by atoms with Crippen molar-refractivity contribution in [3.05, 3.63) is 0 Å². The van der Waals surface area contributed by atoms with E-state index >= 15 is 0 Å². The molecule has 68 valence electrons. The van der Waals surface area contributed by atoms with Crippen molar-refractivity contribution in [2.24, 2.45) is 17.7 Å². The van der Waals surface area contributed by atoms with Gasteiger partial charge in [-0.2, -0.15) is 0 Å². The van der Waals surface area contributed by atoms with Crippen molar-refractivity contribution in [3.63, 3.8) is 0 Å². The molecule has 0 aliphatic heterocycles. The molecule has 2 rings (SSSR count). The maximum atomic E-state index is 5.19. The smallest absolute Gasteiger partial charge is 0.180 e. The summed E-state index contributed by atoms with van der Waals surface area (Å²) in [6.45, 7) is 0. The van der Waals surface area contributed by atoms with Crippen molar-refractivity contribution in [1.82, 2.24) is 10.7 Å². The van der Waals surface area contributed by atoms with Gasteiger partial charge in [-0.05, 0) is 43.3 Å². The minimum atomic E-state index is 0.590. The molecule has 3 atom stereocenters. The zero-order chi connectivity index (χ0) is 8.55. The predicted octanol–water partition coefficient (Wildman–Crippen LogP) is 0.513. The Kier molecular flexibility index (Phi) is 2.19. The number of hydrogen-bond acceptors (Lipinski definition) is 2. The van der Waals surface area contributed by atoms with Crippen LogP contribution in [0.4, 0.5) is 0 Å². The Balaban J connectivity index is 1.86. The lowest BCUT2D eigenvalue weighted by molar-refractivity contribution is 0.389. The highest BCUT2D eigenvalue weighted by Gasteiger charge is 2.39. The molecule has 0 spiro atoms. The second-order valence-corrected chi connectivity index (χ2v) is 4.31. The topological polar surface area (TPSA) is 50.1 Å². The molecule has 2 aliphatic rings. The minimum absolute atomic E-state index is 0.590. The fourth-order valence-electron chi connectivity index (χ4n) is 2.63. The Morgan fingerprint density at radius 2 is 2.17 bits per heavy atom. The standard InChI is InChI=1S/C8H15N3S/c9-11-8(12)10-7-4-5-1-2-6(7)3-5/h5-7H,1-4,9H2,(H2,10,11,12). The normalized spacial score (nSPS) is 38.2. The first-order valence-corrected chi connectivity index (χ1v) is 4.97. The van der Waals surface area contributed by atoms with E-state index in [9.17, 15) is 0 Å². The van der Waals surface area contributed by atoms with Crippen LogP contribution in [0, 0.1) is 11.8 Å². The van der Waals surface area contributed by atoms with Crippen molar-refractivity contribution in [2.75, 3.05) is 0 Å². The van der Waals surface area contributed by atoms with Crippen molar-refractivity contribution in [1.29, 1.82) is 0 Å². The Morgan fingerprint density at radius 1 is 1.33 bits per heavy atom. The van der Waals surface area contributed by atoms with Gasteiger partial charge in [0, 0.05) is 6.04 Å². The van der Waals surface area contributed by atoms with Crippen LogP contribution in [-0.2, 0) is 0 Å². The van der Waals surface area contributed by atoms with Crippen LogP contribution in [0.3, 0.4) is 0 Å². The number of fused-ring (bicyclic) bond motifs is 2. The average molecular weight is 185 g/mol. The summed E-state index contributed by atoms with van der Waals surface area (Å²) in [6.07, 6.45) is 5.47. The van der Waals surface area contributed by atoms with Crippen LogP contribution in [-0.4, -0.2) is 11.2 Å². The zero-order valence-corrected chi connectivity index (χ0v) is 7.86. The van der Waals surface area contributed by atoms with Gasteiger partial charge in [-0.15, -0.1) is 0 Å². The van der Waals surface area contributed by atoms with E-state index in [1.807, 2.05) is 0 Å². The van der Waals surface area contributed by atoms with Crippen LogP contribution in [0.5, 0.6) is 0 Å². The maximum absolute atomic E-state index is 5.19. The lowest BCUT2D eigenvalue weighted by Crippen LogP contribution is -2.46. The summed E-state index contributed by atoms with van der Waals surface area (Å²) >= 11 is 4.96. The first-order valence-electron chi connectivity index (χ1n) is 4.56. The van der Waals surface area contributed by atoms with Crippen LogP contribution < -0.4 is 16.6 Å². The molecule has 0 aromatic carbocycles. The Morgan fingerprint density at radius 3 is 2.67 bits per heavy atom. The molecule has 2 saturated carbocycles. The van der Waals surface area contributed by atoms with Gasteiger partial charge in [0.15, 0.2) is 5.11 Å². The summed E-state index contributed by atoms with van der Waals surface area (Å²) in [5.74, 6) is 6.99. The van der Waals surface area contributed by atoms with E-state index in [1.54, 1.807) is 0 Å². The maximum Gasteiger partial charge on any atom is 0.180 e. The van der Waals surface area contributed by atoms with Gasteiger partial charge < -0.3 is 10.7 Å². The summed E-state index contributed by atoms with van der Waals surface area (Å²) in [5.41, 5.74) is 2.47. The Bertz CT molecular complexity index is 195. The molecule has 0 aromatic heterocycles. The molecule has 4 heteroatoms. The molecule has 3 unspecified atom stereocenters. The summed E-state index contributed by atoms with van der Waals surface area (Å²) in [7, 11) is 0. The third kappa shape index (κ3) is 1.41. The highest BCUT2D eigenvalue weighted by molar-refractivity contribution is 7.80. The summed E-state index contributed by atoms with van der Waals surface area (Å²) in [6, 6.07) is 0.590. The van der Waals surface area contributed by atoms with Gasteiger partial charge in [-0.1, -0.05) is 6.42 Å². The fraction of sp³-hybridized carbons (Fsp3) is 0.875. The van der Waals surface area contributed by atoms with Crippen LogP contribution in [0.15, 0.2) is 0 Å². The van der Waals surface area contributed by atoms with Crippen molar-refractivity contribution in [3.8, 4) is 0 Å². The van der Waals surface area contributed by atoms with Crippen molar-refractivity contribution in [2.45, 2.75) is 31.7 Å². The molecule has 2 bridgehead atoms. The number of nitrogens with one attached hydrogen (secondary N) is 2. The van der Waals surface area contributed by atoms with Gasteiger partial charge in [-0.3, -0.25) is 0 Å². The molecule has 12 heavy (non-hydrogen) atoms. The van der Waals surface area contributed by atoms with Gasteiger partial charge in [0.25, 0.3) is 0 Å². The molecule has 0 radical (unpaired) electrons. The molecule has 4 N–H and O–H groups in total. The van der Waals surface area contributed by atoms with Crippen molar-refractivity contribution >= 4 is 17.3 Å². The van der Waals surface area contributed by atoms with E-state index in [1.165, 1.54) is 25.7 Å². The SMILES string of the molecule is NNC(=S)NC1CC2CCC1C2. The molecule has 0 amide bonds. The van der Waals surface area contributed by atoms with Gasteiger partial charge in [0.1, 0.15) is 0 Å². The lowest BCUT2D eigenvalue weighted by Gasteiger charge is -2.23. The third-order valence-electron chi connectivity index (χ3n) is 3.19. The predicted molar refractivity (Wildman–Crippen MR) is 52.3 cm³/mol. The van der Waals surface area contributed by atoms with E-state index in [0.717, 1.165) is 11.8 Å². The van der Waals surface area contributed by atoms with Crippen LogP contribution in [0.2, 0.25) is 0 Å². The Hall–Kier alpha value is -0.350. The van der Waals surface area contributed by atoms with E-state index in [4.69, 9.17) is 18.1 Å². The summed E-state index contributed by atoms with van der Waals surface area (Å²) in [4.78, 5) is 0. The minimum Gasteiger partial charge on any atom is -0.359 e. The number of hydrazine groups is 1. The number of rotatable bonds is 1. The largest absolute Gasteiger partial charge is 0.359 e. The number of thiocarbonyl (C=S) groups is 1. The molecule has 2 aliphatic carbocycles. The number of hydrogen-bond donors (Lipinski definition) is 3. The molecule has 0 saturated heterocycles. The fourth-order valence-corrected chi connectivity index (χ4v) is 2.78. The van der Waals surface area contributed by atoms with Crippen LogP contribution in [0.25, 0.3) is 0 Å². The first-order chi connectivity index (χ1) is 5.79. The molecule has 0 aromatic rings. The van der Waals surface area contributed by atoms with E-state index < -0.39 is 0 Å². The van der Waals surface area contributed by atoms with Crippen molar-refractivity contribution < 1.29 is 0 Å². The third-order valence-corrected chi connectivity index (χ3v) is 3.42. The highest BCUT2D eigenvalue weighted by atomic mass is 32.1. The molecule has 2 fully saturated rings. The first kappa shape index (κ1) is 8.26. The van der Waals surface area contributed by atoms with Gasteiger partial charge in [0.2, 0.25) is 0 Å². The quantitative estimate of drug-likeness (QED) is 0.316. The molecule has 0 heterocycles. The number of nitrogens with two attached hydrogens (primary N) is 1. The van der Waals surface area contributed by atoms with E-state index in [2.05, 4.69) is 10.7 Å². The van der Waals surface area contributed by atoms with E-state index in [-0.39, 0.29) is 0 Å². The Labute approximate surface area is 78.1 Å². The van der Waals surface area contributed by atoms with E-state index in [0.29, 0.717) is 11.2 Å². The average Bonchev–Trinajstić information content (AvgIpc) is 2.64. The molecular weight excluding hydrogens is 170 g/mol. The lowest BCUT2D eigenvalue weighted by atomic mass is 9.96. The molecular formula is C8H15N3S. The van der Waals surface area contributed by atoms with Gasteiger partial charge in [-0.25, -0.2) is 5.84 Å². The summed E-state index contributed by atoms with van der Waals surface area (Å²) in [5, 5.41) is 3.85. The molecule has 3 nitrogen and oxygen atoms in total. The second-order valence-electron chi connectivity index (χ2n) is 3.90. The van der Waals surface area contributed by atoms with Gasteiger partial charge in [0.05, 0.1) is 0 Å². The zero-order valence-electron chi connectivity index (χ0n) is 7.05. The van der Waals surface area contributed by atoms with Crippen LogP contribution >= 0.6 is 12.2 Å². The second kappa shape index (κ2) is 3.18.